The van der Waals surface area contributed by atoms with Gasteiger partial charge in [-0.25, -0.2) is 8.78 Å². The van der Waals surface area contributed by atoms with Gasteiger partial charge in [-0.1, -0.05) is 17.7 Å². The SMILES string of the molecule is CC(Nc1cc(C(N)=O)ccc1Cl)c1ccc(F)c(F)c1. The van der Waals surface area contributed by atoms with E-state index in [1.165, 1.54) is 18.2 Å². The molecule has 0 bridgehead atoms. The predicted octanol–water partition coefficient (Wildman–Crippen LogP) is 3.89. The number of hydrogen-bond acceptors (Lipinski definition) is 2. The summed E-state index contributed by atoms with van der Waals surface area (Å²) in [5.74, 6) is -2.40. The van der Waals surface area contributed by atoms with Crippen LogP contribution in [-0.2, 0) is 0 Å². The van der Waals surface area contributed by atoms with Gasteiger partial charge in [-0.15, -0.1) is 0 Å². The predicted molar refractivity (Wildman–Crippen MR) is 78.4 cm³/mol. The summed E-state index contributed by atoms with van der Waals surface area (Å²) in [5, 5.41) is 3.44. The molecule has 0 aliphatic heterocycles. The number of nitrogens with two attached hydrogens (primary N) is 1. The van der Waals surface area contributed by atoms with E-state index in [0.29, 0.717) is 21.8 Å². The minimum absolute atomic E-state index is 0.305. The quantitative estimate of drug-likeness (QED) is 0.900. The van der Waals surface area contributed by atoms with Crippen LogP contribution in [0.2, 0.25) is 5.02 Å². The molecular formula is C15H13ClF2N2O. The van der Waals surface area contributed by atoms with E-state index in [4.69, 9.17) is 17.3 Å². The number of rotatable bonds is 4. The van der Waals surface area contributed by atoms with E-state index in [-0.39, 0.29) is 6.04 Å². The molecule has 21 heavy (non-hydrogen) atoms. The second-order valence-corrected chi connectivity index (χ2v) is 5.01. The lowest BCUT2D eigenvalue weighted by molar-refractivity contribution is 0.100. The molecule has 0 spiro atoms. The van der Waals surface area contributed by atoms with Gasteiger partial charge in [0.1, 0.15) is 0 Å². The van der Waals surface area contributed by atoms with Crippen molar-refractivity contribution in [2.75, 3.05) is 5.32 Å². The largest absolute Gasteiger partial charge is 0.377 e. The fraction of sp³-hybridized carbons (Fsp3) is 0.133. The Hall–Kier alpha value is -2.14. The Labute approximate surface area is 125 Å². The van der Waals surface area contributed by atoms with E-state index in [1.807, 2.05) is 0 Å². The first-order valence-corrected chi connectivity index (χ1v) is 6.57. The summed E-state index contributed by atoms with van der Waals surface area (Å²) in [7, 11) is 0. The van der Waals surface area contributed by atoms with E-state index >= 15 is 0 Å². The van der Waals surface area contributed by atoms with Crippen LogP contribution in [0.1, 0.15) is 28.9 Å². The molecule has 0 saturated carbocycles. The molecule has 0 aliphatic carbocycles. The van der Waals surface area contributed by atoms with Gasteiger partial charge in [-0.05, 0) is 42.8 Å². The van der Waals surface area contributed by atoms with Crippen molar-refractivity contribution in [1.82, 2.24) is 0 Å². The van der Waals surface area contributed by atoms with Gasteiger partial charge in [0.15, 0.2) is 11.6 Å². The number of anilines is 1. The van der Waals surface area contributed by atoms with E-state index in [2.05, 4.69) is 5.32 Å². The Kier molecular flexibility index (Phi) is 4.43. The van der Waals surface area contributed by atoms with Crippen LogP contribution in [0.15, 0.2) is 36.4 Å². The van der Waals surface area contributed by atoms with Crippen LogP contribution in [0, 0.1) is 11.6 Å². The van der Waals surface area contributed by atoms with Gasteiger partial charge in [-0.3, -0.25) is 4.79 Å². The zero-order valence-electron chi connectivity index (χ0n) is 11.2. The lowest BCUT2D eigenvalue weighted by Crippen LogP contribution is -2.12. The monoisotopic (exact) mass is 310 g/mol. The molecule has 110 valence electrons. The Morgan fingerprint density at radius 3 is 2.52 bits per heavy atom. The van der Waals surface area contributed by atoms with Crippen LogP contribution in [0.25, 0.3) is 0 Å². The molecule has 0 saturated heterocycles. The van der Waals surface area contributed by atoms with Crippen LogP contribution >= 0.6 is 11.6 Å². The molecule has 2 aromatic rings. The lowest BCUT2D eigenvalue weighted by atomic mass is 10.1. The van der Waals surface area contributed by atoms with Crippen molar-refractivity contribution < 1.29 is 13.6 Å². The summed E-state index contributed by atoms with van der Waals surface area (Å²) in [4.78, 5) is 11.2. The van der Waals surface area contributed by atoms with E-state index in [0.717, 1.165) is 12.1 Å². The molecule has 0 radical (unpaired) electrons. The topological polar surface area (TPSA) is 55.1 Å². The first-order valence-electron chi connectivity index (χ1n) is 6.19. The molecule has 0 heterocycles. The van der Waals surface area contributed by atoms with Crippen molar-refractivity contribution in [2.45, 2.75) is 13.0 Å². The van der Waals surface area contributed by atoms with Crippen molar-refractivity contribution in [2.24, 2.45) is 5.73 Å². The molecule has 6 heteroatoms. The number of benzene rings is 2. The zero-order valence-corrected chi connectivity index (χ0v) is 11.9. The first kappa shape index (κ1) is 15.3. The summed E-state index contributed by atoms with van der Waals surface area (Å²) >= 11 is 6.04. The maximum Gasteiger partial charge on any atom is 0.248 e. The minimum Gasteiger partial charge on any atom is -0.377 e. The second kappa shape index (κ2) is 6.10. The molecule has 1 atom stereocenters. The van der Waals surface area contributed by atoms with Crippen molar-refractivity contribution in [3.05, 3.63) is 64.2 Å². The number of amides is 1. The third-order valence-electron chi connectivity index (χ3n) is 3.07. The lowest BCUT2D eigenvalue weighted by Gasteiger charge is -2.17. The van der Waals surface area contributed by atoms with E-state index in [1.54, 1.807) is 13.0 Å². The molecule has 1 amide bonds. The Balaban J connectivity index is 2.26. The highest BCUT2D eigenvalue weighted by atomic mass is 35.5. The third-order valence-corrected chi connectivity index (χ3v) is 3.40. The number of carbonyl (C=O) groups is 1. The van der Waals surface area contributed by atoms with Crippen LogP contribution in [-0.4, -0.2) is 5.91 Å². The van der Waals surface area contributed by atoms with Crippen LogP contribution in [0.3, 0.4) is 0 Å². The molecule has 3 nitrogen and oxygen atoms in total. The van der Waals surface area contributed by atoms with Gasteiger partial charge < -0.3 is 11.1 Å². The summed E-state index contributed by atoms with van der Waals surface area (Å²) in [6, 6.07) is 7.88. The van der Waals surface area contributed by atoms with E-state index in [9.17, 15) is 13.6 Å². The Bertz CT molecular complexity index is 691. The highest BCUT2D eigenvalue weighted by molar-refractivity contribution is 6.33. The molecule has 2 aromatic carbocycles. The van der Waals surface area contributed by atoms with E-state index < -0.39 is 17.5 Å². The van der Waals surface area contributed by atoms with Crippen LogP contribution in [0.4, 0.5) is 14.5 Å². The molecular weight excluding hydrogens is 298 g/mol. The highest BCUT2D eigenvalue weighted by Crippen LogP contribution is 2.27. The number of nitrogens with one attached hydrogen (secondary N) is 1. The summed E-state index contributed by atoms with van der Waals surface area (Å²) in [6.07, 6.45) is 0. The molecule has 3 N–H and O–H groups in total. The number of halogens is 3. The molecule has 0 aliphatic rings. The zero-order chi connectivity index (χ0) is 15.6. The number of hydrogen-bond donors (Lipinski definition) is 2. The van der Waals surface area contributed by atoms with Gasteiger partial charge in [-0.2, -0.15) is 0 Å². The van der Waals surface area contributed by atoms with Gasteiger partial charge >= 0.3 is 0 Å². The second-order valence-electron chi connectivity index (χ2n) is 4.60. The maximum absolute atomic E-state index is 13.2. The van der Waals surface area contributed by atoms with Crippen LogP contribution < -0.4 is 11.1 Å². The summed E-state index contributed by atoms with van der Waals surface area (Å²) in [6.45, 7) is 1.76. The van der Waals surface area contributed by atoms with Crippen molar-refractivity contribution in [3.63, 3.8) is 0 Å². The number of carbonyl (C=O) groups excluding carboxylic acids is 1. The summed E-state index contributed by atoms with van der Waals surface area (Å²) in [5.41, 5.74) is 6.56. The maximum atomic E-state index is 13.2. The molecule has 0 aromatic heterocycles. The minimum atomic E-state index is -0.918. The first-order chi connectivity index (χ1) is 9.88. The molecule has 0 fully saturated rings. The fourth-order valence-electron chi connectivity index (χ4n) is 1.89. The molecule has 1 unspecified atom stereocenters. The van der Waals surface area contributed by atoms with Gasteiger partial charge in [0.05, 0.1) is 10.7 Å². The highest BCUT2D eigenvalue weighted by Gasteiger charge is 2.12. The van der Waals surface area contributed by atoms with Gasteiger partial charge in [0.25, 0.3) is 0 Å². The average Bonchev–Trinajstić information content (AvgIpc) is 2.43. The normalized spacial score (nSPS) is 12.0. The van der Waals surface area contributed by atoms with Crippen molar-refractivity contribution in [1.29, 1.82) is 0 Å². The number of primary amides is 1. The Morgan fingerprint density at radius 1 is 1.19 bits per heavy atom. The van der Waals surface area contributed by atoms with Gasteiger partial charge in [0, 0.05) is 11.6 Å². The smallest absolute Gasteiger partial charge is 0.248 e. The Morgan fingerprint density at radius 2 is 1.90 bits per heavy atom. The fourth-order valence-corrected chi connectivity index (χ4v) is 2.06. The standard InChI is InChI=1S/C15H13ClF2N2O/c1-8(9-3-5-12(17)13(18)6-9)20-14-7-10(15(19)21)2-4-11(14)16/h2-8,20H,1H3,(H2,19,21). The summed E-state index contributed by atoms with van der Waals surface area (Å²) < 4.78 is 26.2. The van der Waals surface area contributed by atoms with Crippen molar-refractivity contribution >= 4 is 23.2 Å². The van der Waals surface area contributed by atoms with Crippen molar-refractivity contribution in [3.8, 4) is 0 Å². The molecule has 2 rings (SSSR count). The van der Waals surface area contributed by atoms with Crippen LogP contribution in [0.5, 0.6) is 0 Å². The third kappa shape index (κ3) is 3.49. The average molecular weight is 311 g/mol. The van der Waals surface area contributed by atoms with Gasteiger partial charge in [0.2, 0.25) is 5.91 Å².